The van der Waals surface area contributed by atoms with Crippen LogP contribution in [0.3, 0.4) is 0 Å². The molecule has 0 radical (unpaired) electrons. The first-order valence-corrected chi connectivity index (χ1v) is 9.69. The highest BCUT2D eigenvalue weighted by molar-refractivity contribution is 7.58. The Morgan fingerprint density at radius 3 is 2.39 bits per heavy atom. The molecule has 0 fully saturated rings. The third-order valence-electron chi connectivity index (χ3n) is 3.66. The maximum Gasteiger partial charge on any atom is 0.307 e. The van der Waals surface area contributed by atoms with E-state index < -0.39 is 25.2 Å². The van der Waals surface area contributed by atoms with Crippen molar-refractivity contribution in [2.75, 3.05) is 12.3 Å². The summed E-state index contributed by atoms with van der Waals surface area (Å²) in [6.45, 7) is 0. The van der Waals surface area contributed by atoms with E-state index in [1.807, 2.05) is 30.3 Å². The minimum absolute atomic E-state index is 0.000762. The summed E-state index contributed by atoms with van der Waals surface area (Å²) in [6, 6.07) is 9.83. The van der Waals surface area contributed by atoms with Crippen molar-refractivity contribution in [3.8, 4) is 0 Å². The molecule has 0 aliphatic heterocycles. The molecular weight excluding hydrogens is 317 g/mol. The SMILES string of the molecule is NC(=O)CCC(CP(=O)(O)CCCCc1ccccc1)C(=O)O. The Kier molecular flexibility index (Phi) is 8.00. The largest absolute Gasteiger partial charge is 0.481 e. The fourth-order valence-corrected chi connectivity index (χ4v) is 4.31. The highest BCUT2D eigenvalue weighted by atomic mass is 31.2. The minimum Gasteiger partial charge on any atom is -0.481 e. The number of hydrogen-bond donors (Lipinski definition) is 3. The van der Waals surface area contributed by atoms with Crippen molar-refractivity contribution in [2.45, 2.75) is 32.1 Å². The molecule has 6 nitrogen and oxygen atoms in total. The van der Waals surface area contributed by atoms with Gasteiger partial charge < -0.3 is 15.7 Å². The highest BCUT2D eigenvalue weighted by Crippen LogP contribution is 2.44. The van der Waals surface area contributed by atoms with Crippen LogP contribution in [-0.2, 0) is 20.6 Å². The van der Waals surface area contributed by atoms with Crippen LogP contribution in [0.2, 0.25) is 0 Å². The van der Waals surface area contributed by atoms with Gasteiger partial charge in [0.05, 0.1) is 5.92 Å². The molecule has 1 aromatic carbocycles. The monoisotopic (exact) mass is 341 g/mol. The number of nitrogens with two attached hydrogens (primary N) is 1. The van der Waals surface area contributed by atoms with Gasteiger partial charge in [0.2, 0.25) is 13.3 Å². The topological polar surface area (TPSA) is 118 Å². The second-order valence-corrected chi connectivity index (χ2v) is 8.24. The molecule has 0 aliphatic rings. The molecule has 4 N–H and O–H groups in total. The average Bonchev–Trinajstić information content (AvgIpc) is 2.48. The lowest BCUT2D eigenvalue weighted by molar-refractivity contribution is -0.141. The van der Waals surface area contributed by atoms with E-state index in [-0.39, 0.29) is 25.2 Å². The maximum atomic E-state index is 12.2. The summed E-state index contributed by atoms with van der Waals surface area (Å²) in [7, 11) is -3.52. The molecular formula is C16H24NO5P. The molecule has 1 amide bonds. The molecule has 0 spiro atoms. The van der Waals surface area contributed by atoms with Gasteiger partial charge in [-0.05, 0) is 31.2 Å². The van der Waals surface area contributed by atoms with E-state index >= 15 is 0 Å². The number of primary amides is 1. The Hall–Kier alpha value is -1.65. The van der Waals surface area contributed by atoms with Gasteiger partial charge in [0.25, 0.3) is 0 Å². The lowest BCUT2D eigenvalue weighted by Gasteiger charge is -2.16. The third kappa shape index (κ3) is 8.53. The number of carbonyl (C=O) groups excluding carboxylic acids is 1. The zero-order chi connectivity index (χ0) is 17.3. The minimum atomic E-state index is -3.52. The van der Waals surface area contributed by atoms with Crippen LogP contribution in [0.25, 0.3) is 0 Å². The number of benzene rings is 1. The van der Waals surface area contributed by atoms with Gasteiger partial charge in [-0.2, -0.15) is 0 Å². The number of rotatable bonds is 11. The van der Waals surface area contributed by atoms with Crippen LogP contribution < -0.4 is 5.73 Å². The predicted molar refractivity (Wildman–Crippen MR) is 88.5 cm³/mol. The smallest absolute Gasteiger partial charge is 0.307 e. The number of carboxylic acid groups (broad SMARTS) is 1. The van der Waals surface area contributed by atoms with Gasteiger partial charge in [0.1, 0.15) is 0 Å². The molecule has 0 aliphatic carbocycles. The third-order valence-corrected chi connectivity index (χ3v) is 5.69. The van der Waals surface area contributed by atoms with Gasteiger partial charge >= 0.3 is 5.97 Å². The van der Waals surface area contributed by atoms with Crippen LogP contribution in [0, 0.1) is 5.92 Å². The summed E-state index contributed by atoms with van der Waals surface area (Å²) in [5, 5.41) is 9.09. The number of aryl methyl sites for hydroxylation is 1. The highest BCUT2D eigenvalue weighted by Gasteiger charge is 2.28. The van der Waals surface area contributed by atoms with Crippen LogP contribution in [-0.4, -0.2) is 34.2 Å². The summed E-state index contributed by atoms with van der Waals surface area (Å²) in [4.78, 5) is 31.8. The fraction of sp³-hybridized carbons (Fsp3) is 0.500. The summed E-state index contributed by atoms with van der Waals surface area (Å²) in [5.41, 5.74) is 6.17. The zero-order valence-corrected chi connectivity index (χ0v) is 14.0. The lowest BCUT2D eigenvalue weighted by Crippen LogP contribution is -2.22. The Balaban J connectivity index is 2.39. The lowest BCUT2D eigenvalue weighted by atomic mass is 10.1. The number of amides is 1. The molecule has 0 aromatic heterocycles. The number of unbranched alkanes of at least 4 members (excludes halogenated alkanes) is 1. The second-order valence-electron chi connectivity index (χ2n) is 5.74. The normalized spacial score (nSPS) is 14.8. The summed E-state index contributed by atoms with van der Waals surface area (Å²) >= 11 is 0. The van der Waals surface area contributed by atoms with Gasteiger partial charge in [-0.1, -0.05) is 30.3 Å². The molecule has 0 saturated carbocycles. The van der Waals surface area contributed by atoms with E-state index in [1.165, 1.54) is 5.56 Å². The Labute approximate surface area is 136 Å². The van der Waals surface area contributed by atoms with Gasteiger partial charge in [-0.3, -0.25) is 14.2 Å². The first kappa shape index (κ1) is 19.4. The molecule has 1 rings (SSSR count). The number of carbonyl (C=O) groups is 2. The maximum absolute atomic E-state index is 12.2. The molecule has 0 saturated heterocycles. The molecule has 23 heavy (non-hydrogen) atoms. The Bertz CT molecular complexity index is 561. The molecule has 2 atom stereocenters. The van der Waals surface area contributed by atoms with Crippen molar-refractivity contribution < 1.29 is 24.2 Å². The molecule has 128 valence electrons. The number of aliphatic carboxylic acids is 1. The van der Waals surface area contributed by atoms with Crippen molar-refractivity contribution in [2.24, 2.45) is 11.7 Å². The van der Waals surface area contributed by atoms with E-state index in [9.17, 15) is 19.0 Å². The van der Waals surface area contributed by atoms with E-state index in [4.69, 9.17) is 10.8 Å². The first-order valence-electron chi connectivity index (χ1n) is 7.66. The van der Waals surface area contributed by atoms with E-state index in [2.05, 4.69) is 0 Å². The van der Waals surface area contributed by atoms with Crippen molar-refractivity contribution >= 4 is 19.2 Å². The van der Waals surface area contributed by atoms with E-state index in [0.29, 0.717) is 6.42 Å². The quantitative estimate of drug-likeness (QED) is 0.421. The molecule has 7 heteroatoms. The summed E-state index contributed by atoms with van der Waals surface area (Å²) in [6.07, 6.45) is 1.86. The van der Waals surface area contributed by atoms with Crippen LogP contribution in [0.15, 0.2) is 30.3 Å². The van der Waals surface area contributed by atoms with Crippen LogP contribution in [0.5, 0.6) is 0 Å². The summed E-state index contributed by atoms with van der Waals surface area (Å²) in [5.74, 6) is -2.77. The molecule has 0 heterocycles. The zero-order valence-electron chi connectivity index (χ0n) is 13.1. The fourth-order valence-electron chi connectivity index (χ4n) is 2.38. The van der Waals surface area contributed by atoms with Crippen LogP contribution >= 0.6 is 7.37 Å². The Morgan fingerprint density at radius 2 is 1.83 bits per heavy atom. The Morgan fingerprint density at radius 1 is 1.17 bits per heavy atom. The van der Waals surface area contributed by atoms with Gasteiger partial charge in [-0.25, -0.2) is 0 Å². The van der Waals surface area contributed by atoms with Gasteiger partial charge in [-0.15, -0.1) is 0 Å². The molecule has 1 aromatic rings. The number of hydrogen-bond acceptors (Lipinski definition) is 3. The van der Waals surface area contributed by atoms with Crippen molar-refractivity contribution in [1.82, 2.24) is 0 Å². The number of carboxylic acids is 1. The first-order chi connectivity index (χ1) is 10.8. The van der Waals surface area contributed by atoms with Crippen molar-refractivity contribution in [3.05, 3.63) is 35.9 Å². The standard InChI is InChI=1S/C16H24NO5P/c17-15(18)10-9-14(16(19)20)12-23(21,22)11-5-4-8-13-6-2-1-3-7-13/h1-3,6-7,14H,4-5,8-12H2,(H2,17,18)(H,19,20)(H,21,22). The van der Waals surface area contributed by atoms with Gasteiger partial charge in [0.15, 0.2) is 0 Å². The molecule has 2 unspecified atom stereocenters. The predicted octanol–water partition coefficient (Wildman–Crippen LogP) is 2.25. The second kappa shape index (κ2) is 9.48. The van der Waals surface area contributed by atoms with Crippen molar-refractivity contribution in [3.63, 3.8) is 0 Å². The van der Waals surface area contributed by atoms with E-state index in [0.717, 1.165) is 12.8 Å². The summed E-state index contributed by atoms with van der Waals surface area (Å²) < 4.78 is 12.2. The van der Waals surface area contributed by atoms with Gasteiger partial charge in [0, 0.05) is 18.7 Å². The van der Waals surface area contributed by atoms with E-state index in [1.54, 1.807) is 0 Å². The van der Waals surface area contributed by atoms with Crippen LogP contribution in [0.4, 0.5) is 0 Å². The average molecular weight is 341 g/mol. The van der Waals surface area contributed by atoms with Crippen molar-refractivity contribution in [1.29, 1.82) is 0 Å². The molecule has 0 bridgehead atoms. The van der Waals surface area contributed by atoms with Crippen LogP contribution in [0.1, 0.15) is 31.2 Å².